The summed E-state index contributed by atoms with van der Waals surface area (Å²) >= 11 is 0. The molecule has 0 unspecified atom stereocenters. The second-order valence-electron chi connectivity index (χ2n) is 6.60. The smallest absolute Gasteiger partial charge is 0.227 e. The molecule has 1 aliphatic rings. The van der Waals surface area contributed by atoms with E-state index in [1.54, 1.807) is 13.3 Å². The molecule has 156 valence electrons. The lowest BCUT2D eigenvalue weighted by Crippen LogP contribution is -2.37. The number of nitriles is 1. The summed E-state index contributed by atoms with van der Waals surface area (Å²) in [6, 6.07) is 17.2. The number of guanidine groups is 1. The van der Waals surface area contributed by atoms with E-state index in [2.05, 4.69) is 5.10 Å². The zero-order valence-corrected chi connectivity index (χ0v) is 16.9. The summed E-state index contributed by atoms with van der Waals surface area (Å²) in [7, 11) is 1.64. The number of ether oxygens (including phenoxy) is 3. The lowest BCUT2D eigenvalue weighted by Gasteiger charge is -2.21. The van der Waals surface area contributed by atoms with Gasteiger partial charge in [0.2, 0.25) is 5.96 Å². The SMILES string of the molecule is CN(N=Cc1ccccc1)C(=N)N(C#N)CCCOc1cccc(C2OCCO2)c1. The summed E-state index contributed by atoms with van der Waals surface area (Å²) in [5.74, 6) is 0.719. The maximum absolute atomic E-state index is 9.39. The molecule has 1 fully saturated rings. The van der Waals surface area contributed by atoms with E-state index >= 15 is 0 Å². The van der Waals surface area contributed by atoms with Crippen LogP contribution in [-0.2, 0) is 9.47 Å². The minimum absolute atomic E-state index is 0.00205. The lowest BCUT2D eigenvalue weighted by molar-refractivity contribution is -0.0442. The average Bonchev–Trinajstić information content (AvgIpc) is 3.33. The second-order valence-corrected chi connectivity index (χ2v) is 6.60. The summed E-state index contributed by atoms with van der Waals surface area (Å²) in [5.41, 5.74) is 1.84. The third-order valence-electron chi connectivity index (χ3n) is 4.41. The van der Waals surface area contributed by atoms with Crippen molar-refractivity contribution in [3.63, 3.8) is 0 Å². The molecule has 1 aliphatic heterocycles. The van der Waals surface area contributed by atoms with Crippen molar-refractivity contribution < 1.29 is 14.2 Å². The van der Waals surface area contributed by atoms with Crippen LogP contribution < -0.4 is 4.74 Å². The van der Waals surface area contributed by atoms with Gasteiger partial charge in [-0.3, -0.25) is 5.41 Å². The van der Waals surface area contributed by atoms with Crippen molar-refractivity contribution >= 4 is 12.2 Å². The molecule has 0 aliphatic carbocycles. The van der Waals surface area contributed by atoms with Crippen LogP contribution >= 0.6 is 0 Å². The molecule has 1 heterocycles. The summed E-state index contributed by atoms with van der Waals surface area (Å²) < 4.78 is 16.8. The molecule has 1 saturated heterocycles. The Bertz CT molecular complexity index is 891. The molecule has 0 amide bonds. The Kier molecular flexibility index (Phi) is 7.78. The van der Waals surface area contributed by atoms with Gasteiger partial charge in [-0.25, -0.2) is 9.91 Å². The van der Waals surface area contributed by atoms with Gasteiger partial charge < -0.3 is 14.2 Å². The van der Waals surface area contributed by atoms with Gasteiger partial charge in [0.1, 0.15) is 5.75 Å². The van der Waals surface area contributed by atoms with Crippen molar-refractivity contribution in [1.82, 2.24) is 9.91 Å². The highest BCUT2D eigenvalue weighted by molar-refractivity contribution is 5.83. The number of hydrogen-bond donors (Lipinski definition) is 1. The first-order valence-electron chi connectivity index (χ1n) is 9.72. The number of hydrogen-bond acceptors (Lipinski definition) is 6. The van der Waals surface area contributed by atoms with Gasteiger partial charge in [-0.15, -0.1) is 0 Å². The Balaban J connectivity index is 1.45. The van der Waals surface area contributed by atoms with Gasteiger partial charge in [0.15, 0.2) is 12.5 Å². The minimum Gasteiger partial charge on any atom is -0.494 e. The largest absolute Gasteiger partial charge is 0.494 e. The van der Waals surface area contributed by atoms with E-state index in [-0.39, 0.29) is 12.2 Å². The Morgan fingerprint density at radius 3 is 2.73 bits per heavy atom. The van der Waals surface area contributed by atoms with Crippen LogP contribution in [0.4, 0.5) is 0 Å². The topological polar surface area (TPSA) is 94.2 Å². The number of rotatable bonds is 8. The molecule has 0 radical (unpaired) electrons. The van der Waals surface area contributed by atoms with Crippen LogP contribution in [0.1, 0.15) is 23.8 Å². The van der Waals surface area contributed by atoms with E-state index in [9.17, 15) is 5.26 Å². The standard InChI is InChI=1S/C22H25N5O3/c1-26(25-16-18-7-3-2-4-8-18)22(24)27(17-23)11-6-12-28-20-10-5-9-19(15-20)21-29-13-14-30-21/h2-5,7-10,15-16,21,24H,6,11-14H2,1H3. The molecule has 8 heteroatoms. The summed E-state index contributed by atoms with van der Waals surface area (Å²) in [6.45, 7) is 1.96. The average molecular weight is 407 g/mol. The normalized spacial score (nSPS) is 13.9. The second kappa shape index (κ2) is 11.0. The number of nitrogens with zero attached hydrogens (tertiary/aromatic N) is 4. The molecule has 30 heavy (non-hydrogen) atoms. The van der Waals surface area contributed by atoms with Crippen LogP contribution in [0.3, 0.4) is 0 Å². The quantitative estimate of drug-likeness (QED) is 0.180. The van der Waals surface area contributed by atoms with Gasteiger partial charge >= 0.3 is 0 Å². The van der Waals surface area contributed by atoms with E-state index in [0.717, 1.165) is 16.9 Å². The van der Waals surface area contributed by atoms with Crippen LogP contribution in [0.25, 0.3) is 0 Å². The predicted octanol–water partition coefficient (Wildman–Crippen LogP) is 3.18. The Labute approximate surface area is 176 Å². The van der Waals surface area contributed by atoms with Crippen molar-refractivity contribution in [1.29, 1.82) is 10.7 Å². The van der Waals surface area contributed by atoms with Crippen LogP contribution in [0.2, 0.25) is 0 Å². The van der Waals surface area contributed by atoms with Crippen molar-refractivity contribution in [3.05, 3.63) is 65.7 Å². The zero-order valence-electron chi connectivity index (χ0n) is 16.9. The molecule has 2 aromatic rings. The highest BCUT2D eigenvalue weighted by Crippen LogP contribution is 2.26. The van der Waals surface area contributed by atoms with Crippen molar-refractivity contribution in [2.45, 2.75) is 12.7 Å². The van der Waals surface area contributed by atoms with Crippen LogP contribution in [-0.4, -0.2) is 55.5 Å². The molecule has 0 saturated carbocycles. The molecule has 2 aromatic carbocycles. The van der Waals surface area contributed by atoms with Gasteiger partial charge in [0, 0.05) is 25.6 Å². The van der Waals surface area contributed by atoms with Crippen LogP contribution in [0.15, 0.2) is 59.7 Å². The summed E-state index contributed by atoms with van der Waals surface area (Å²) in [6.07, 6.45) is 3.92. The molecular formula is C22H25N5O3. The van der Waals surface area contributed by atoms with Gasteiger partial charge in [-0.2, -0.15) is 10.4 Å². The number of benzene rings is 2. The third-order valence-corrected chi connectivity index (χ3v) is 4.41. The van der Waals surface area contributed by atoms with Gasteiger partial charge in [-0.1, -0.05) is 42.5 Å². The maximum Gasteiger partial charge on any atom is 0.227 e. The highest BCUT2D eigenvalue weighted by Gasteiger charge is 2.18. The number of hydrazone groups is 1. The van der Waals surface area contributed by atoms with E-state index in [1.807, 2.05) is 60.8 Å². The summed E-state index contributed by atoms with van der Waals surface area (Å²) in [4.78, 5) is 1.28. The fraction of sp³-hybridized carbons (Fsp3) is 0.318. The Morgan fingerprint density at radius 2 is 2.00 bits per heavy atom. The minimum atomic E-state index is -0.338. The first-order chi connectivity index (χ1) is 14.7. The third kappa shape index (κ3) is 6.04. The molecule has 0 spiro atoms. The molecule has 8 nitrogen and oxygen atoms in total. The van der Waals surface area contributed by atoms with Gasteiger partial charge in [0.05, 0.1) is 26.0 Å². The first-order valence-corrected chi connectivity index (χ1v) is 9.72. The van der Waals surface area contributed by atoms with Crippen molar-refractivity contribution in [2.24, 2.45) is 5.10 Å². The summed E-state index contributed by atoms with van der Waals surface area (Å²) in [5, 5.41) is 23.2. The Hall–Kier alpha value is -3.41. The molecule has 0 aromatic heterocycles. The van der Waals surface area contributed by atoms with E-state index in [0.29, 0.717) is 32.8 Å². The molecule has 0 atom stereocenters. The molecule has 0 bridgehead atoms. The first kappa shape index (κ1) is 21.3. The van der Waals surface area contributed by atoms with Crippen LogP contribution in [0, 0.1) is 16.9 Å². The maximum atomic E-state index is 9.39. The number of nitrogens with one attached hydrogen (secondary N) is 1. The van der Waals surface area contributed by atoms with Gasteiger partial charge in [0.25, 0.3) is 0 Å². The molecule has 3 rings (SSSR count). The van der Waals surface area contributed by atoms with Gasteiger partial charge in [-0.05, 0) is 17.7 Å². The van der Waals surface area contributed by atoms with Crippen molar-refractivity contribution in [2.75, 3.05) is 33.4 Å². The zero-order chi connectivity index (χ0) is 21.2. The molecule has 1 N–H and O–H groups in total. The predicted molar refractivity (Wildman–Crippen MR) is 113 cm³/mol. The van der Waals surface area contributed by atoms with Crippen molar-refractivity contribution in [3.8, 4) is 11.9 Å². The molecular weight excluding hydrogens is 382 g/mol. The fourth-order valence-corrected chi connectivity index (χ4v) is 2.84. The van der Waals surface area contributed by atoms with E-state index < -0.39 is 0 Å². The highest BCUT2D eigenvalue weighted by atomic mass is 16.7. The van der Waals surface area contributed by atoms with E-state index in [1.165, 1.54) is 9.91 Å². The van der Waals surface area contributed by atoms with Crippen LogP contribution in [0.5, 0.6) is 5.75 Å². The monoisotopic (exact) mass is 407 g/mol. The fourth-order valence-electron chi connectivity index (χ4n) is 2.84. The lowest BCUT2D eigenvalue weighted by atomic mass is 10.2. The van der Waals surface area contributed by atoms with E-state index in [4.69, 9.17) is 19.6 Å². The Morgan fingerprint density at radius 1 is 1.23 bits per heavy atom.